The van der Waals surface area contributed by atoms with Crippen molar-refractivity contribution in [2.75, 3.05) is 11.4 Å². The van der Waals surface area contributed by atoms with Crippen LogP contribution in [0.25, 0.3) is 10.2 Å². The van der Waals surface area contributed by atoms with Crippen LogP contribution in [0.2, 0.25) is 5.28 Å². The zero-order valence-corrected chi connectivity index (χ0v) is 13.4. The molecule has 0 fully saturated rings. The van der Waals surface area contributed by atoms with Crippen LogP contribution in [0.15, 0.2) is 6.07 Å². The van der Waals surface area contributed by atoms with Gasteiger partial charge in [-0.1, -0.05) is 6.92 Å². The highest BCUT2D eigenvalue weighted by molar-refractivity contribution is 7.18. The number of aryl methyl sites for hydroxylation is 1. The fourth-order valence-electron chi connectivity index (χ4n) is 2.10. The molecular weight excluding hydrogens is 292 g/mol. The van der Waals surface area contributed by atoms with Crippen LogP contribution in [0.1, 0.15) is 32.1 Å². The van der Waals surface area contributed by atoms with Gasteiger partial charge < -0.3 is 4.90 Å². The first kappa shape index (κ1) is 15.0. The number of hydrogen-bond acceptors (Lipinski definition) is 5. The average Bonchev–Trinajstić information content (AvgIpc) is 2.81. The van der Waals surface area contributed by atoms with Crippen LogP contribution in [-0.4, -0.2) is 22.6 Å². The minimum atomic E-state index is 0.252. The van der Waals surface area contributed by atoms with Gasteiger partial charge >= 0.3 is 0 Å². The standard InChI is InChI=1S/C14H17ClN4S/c1-4-10-8-11-12(17-14(15)18-13(11)20-10)19(9(2)3)7-5-6-16/h8-9H,4-5,7H2,1-3H3. The number of halogens is 1. The van der Waals surface area contributed by atoms with E-state index in [1.54, 1.807) is 11.3 Å². The first-order valence-corrected chi connectivity index (χ1v) is 7.85. The first-order chi connectivity index (χ1) is 9.56. The van der Waals surface area contributed by atoms with Crippen molar-refractivity contribution in [3.05, 3.63) is 16.2 Å². The molecule has 2 aromatic rings. The van der Waals surface area contributed by atoms with E-state index in [0.717, 1.165) is 22.5 Å². The van der Waals surface area contributed by atoms with Gasteiger partial charge in [0.2, 0.25) is 5.28 Å². The van der Waals surface area contributed by atoms with Crippen LogP contribution < -0.4 is 4.90 Å². The largest absolute Gasteiger partial charge is 0.352 e. The number of anilines is 1. The van der Waals surface area contributed by atoms with Crippen LogP contribution in [0.4, 0.5) is 5.82 Å². The number of thiophene rings is 1. The van der Waals surface area contributed by atoms with Crippen LogP contribution in [0.5, 0.6) is 0 Å². The van der Waals surface area contributed by atoms with E-state index >= 15 is 0 Å². The van der Waals surface area contributed by atoms with Crippen molar-refractivity contribution in [2.45, 2.75) is 39.7 Å². The fourth-order valence-corrected chi connectivity index (χ4v) is 3.28. The Morgan fingerprint density at radius 1 is 1.45 bits per heavy atom. The third-order valence-electron chi connectivity index (χ3n) is 3.10. The molecule has 0 atom stereocenters. The summed E-state index contributed by atoms with van der Waals surface area (Å²) in [7, 11) is 0. The van der Waals surface area contributed by atoms with Crippen molar-refractivity contribution in [3.8, 4) is 6.07 Å². The molecule has 0 N–H and O–H groups in total. The van der Waals surface area contributed by atoms with Crippen molar-refractivity contribution in [2.24, 2.45) is 0 Å². The summed E-state index contributed by atoms with van der Waals surface area (Å²) in [6, 6.07) is 4.57. The number of hydrogen-bond donors (Lipinski definition) is 0. The Balaban J connectivity index is 2.55. The molecule has 0 aliphatic carbocycles. The van der Waals surface area contributed by atoms with Gasteiger partial charge in [0, 0.05) is 17.5 Å². The summed E-state index contributed by atoms with van der Waals surface area (Å²) in [4.78, 5) is 13.0. The summed E-state index contributed by atoms with van der Waals surface area (Å²) in [5, 5.41) is 10.1. The lowest BCUT2D eigenvalue weighted by atomic mass is 10.2. The Labute approximate surface area is 128 Å². The third kappa shape index (κ3) is 3.02. The predicted octanol–water partition coefficient (Wildman–Crippen LogP) is 4.04. The van der Waals surface area contributed by atoms with Gasteiger partial charge in [-0.25, -0.2) is 4.98 Å². The van der Waals surface area contributed by atoms with Gasteiger partial charge in [0.05, 0.1) is 17.9 Å². The molecule has 20 heavy (non-hydrogen) atoms. The minimum absolute atomic E-state index is 0.252. The maximum atomic E-state index is 8.82. The van der Waals surface area contributed by atoms with Crippen molar-refractivity contribution in [3.63, 3.8) is 0 Å². The van der Waals surface area contributed by atoms with Crippen molar-refractivity contribution >= 4 is 39.0 Å². The molecular formula is C14H17ClN4S. The molecule has 0 aliphatic rings. The zero-order valence-electron chi connectivity index (χ0n) is 11.9. The molecule has 0 radical (unpaired) electrons. The number of rotatable bonds is 5. The smallest absolute Gasteiger partial charge is 0.225 e. The van der Waals surface area contributed by atoms with E-state index in [-0.39, 0.29) is 11.3 Å². The van der Waals surface area contributed by atoms with Gasteiger partial charge in [0.1, 0.15) is 10.6 Å². The summed E-state index contributed by atoms with van der Waals surface area (Å²) in [5.74, 6) is 0.834. The van der Waals surface area contributed by atoms with Crippen molar-refractivity contribution in [1.29, 1.82) is 5.26 Å². The molecule has 0 unspecified atom stereocenters. The number of nitriles is 1. The zero-order chi connectivity index (χ0) is 14.7. The summed E-state index contributed by atoms with van der Waals surface area (Å²) in [5.41, 5.74) is 0. The number of fused-ring (bicyclic) bond motifs is 1. The van der Waals surface area contributed by atoms with Crippen LogP contribution in [0, 0.1) is 11.3 Å². The normalized spacial score (nSPS) is 11.0. The molecule has 6 heteroatoms. The van der Waals surface area contributed by atoms with E-state index in [0.29, 0.717) is 13.0 Å². The average molecular weight is 309 g/mol. The van der Waals surface area contributed by atoms with Crippen LogP contribution >= 0.6 is 22.9 Å². The Kier molecular flexibility index (Phi) is 4.79. The summed E-state index contributed by atoms with van der Waals surface area (Å²) >= 11 is 7.70. The monoisotopic (exact) mass is 308 g/mol. The van der Waals surface area contributed by atoms with Gasteiger partial charge in [-0.15, -0.1) is 11.3 Å². The second-order valence-corrected chi connectivity index (χ2v) is 6.25. The lowest BCUT2D eigenvalue weighted by Gasteiger charge is -2.27. The molecule has 0 aliphatic heterocycles. The molecule has 4 nitrogen and oxygen atoms in total. The molecule has 2 heterocycles. The van der Waals surface area contributed by atoms with E-state index in [1.807, 2.05) is 0 Å². The van der Waals surface area contributed by atoms with E-state index in [9.17, 15) is 0 Å². The van der Waals surface area contributed by atoms with Crippen LogP contribution in [-0.2, 0) is 6.42 Å². The highest BCUT2D eigenvalue weighted by atomic mass is 35.5. The molecule has 0 saturated heterocycles. The van der Waals surface area contributed by atoms with E-state index in [2.05, 4.69) is 47.8 Å². The molecule has 2 rings (SSSR count). The van der Waals surface area contributed by atoms with E-state index < -0.39 is 0 Å². The lowest BCUT2D eigenvalue weighted by Crippen LogP contribution is -2.32. The molecule has 0 amide bonds. The highest BCUT2D eigenvalue weighted by Crippen LogP contribution is 2.33. The molecule has 0 saturated carbocycles. The molecule has 0 spiro atoms. The van der Waals surface area contributed by atoms with E-state index in [4.69, 9.17) is 16.9 Å². The van der Waals surface area contributed by atoms with Gasteiger partial charge in [-0.05, 0) is 37.9 Å². The Morgan fingerprint density at radius 3 is 2.80 bits per heavy atom. The first-order valence-electron chi connectivity index (χ1n) is 6.66. The Hall–Kier alpha value is -1.38. The van der Waals surface area contributed by atoms with Crippen molar-refractivity contribution in [1.82, 2.24) is 9.97 Å². The number of aromatic nitrogens is 2. The molecule has 0 bridgehead atoms. The third-order valence-corrected chi connectivity index (χ3v) is 4.45. The Bertz CT molecular complexity index is 644. The second kappa shape index (κ2) is 6.38. The Morgan fingerprint density at radius 2 is 2.20 bits per heavy atom. The van der Waals surface area contributed by atoms with Crippen molar-refractivity contribution < 1.29 is 0 Å². The topological polar surface area (TPSA) is 52.8 Å². The second-order valence-electron chi connectivity index (χ2n) is 4.80. The fraction of sp³-hybridized carbons (Fsp3) is 0.500. The van der Waals surface area contributed by atoms with Gasteiger partial charge in [0.15, 0.2) is 0 Å². The predicted molar refractivity (Wildman–Crippen MR) is 84.5 cm³/mol. The van der Waals surface area contributed by atoms with Gasteiger partial charge in [0.25, 0.3) is 0 Å². The minimum Gasteiger partial charge on any atom is -0.352 e. The number of nitrogens with zero attached hydrogens (tertiary/aromatic N) is 4. The summed E-state index contributed by atoms with van der Waals surface area (Å²) in [6.45, 7) is 6.95. The summed E-state index contributed by atoms with van der Waals surface area (Å²) < 4.78 is 0. The lowest BCUT2D eigenvalue weighted by molar-refractivity contribution is 0.679. The van der Waals surface area contributed by atoms with Gasteiger partial charge in [-0.2, -0.15) is 10.2 Å². The van der Waals surface area contributed by atoms with Gasteiger partial charge in [-0.3, -0.25) is 0 Å². The van der Waals surface area contributed by atoms with E-state index in [1.165, 1.54) is 4.88 Å². The highest BCUT2D eigenvalue weighted by Gasteiger charge is 2.18. The molecule has 106 valence electrons. The maximum absolute atomic E-state index is 8.82. The quantitative estimate of drug-likeness (QED) is 0.782. The molecule has 2 aromatic heterocycles. The van der Waals surface area contributed by atoms with Crippen LogP contribution in [0.3, 0.4) is 0 Å². The SMILES string of the molecule is CCc1cc2c(N(CCC#N)C(C)C)nc(Cl)nc2s1. The maximum Gasteiger partial charge on any atom is 0.225 e. The summed E-state index contributed by atoms with van der Waals surface area (Å²) in [6.07, 6.45) is 1.43. The molecule has 0 aromatic carbocycles.